The number of rotatable bonds is 6. The van der Waals surface area contributed by atoms with Crippen molar-refractivity contribution in [1.29, 1.82) is 0 Å². The topological polar surface area (TPSA) is 55.4 Å². The molecule has 0 heterocycles. The van der Waals surface area contributed by atoms with E-state index >= 15 is 0 Å². The predicted octanol–water partition coefficient (Wildman–Crippen LogP) is 5.94. The minimum absolute atomic E-state index is 0.0757. The van der Waals surface area contributed by atoms with Crippen LogP contribution in [0.3, 0.4) is 0 Å². The number of methoxy groups -OCH3 is 1. The minimum atomic E-state index is -4.61. The summed E-state index contributed by atoms with van der Waals surface area (Å²) in [6.45, 7) is 0. The number of halogens is 3. The highest BCUT2D eigenvalue weighted by atomic mass is 19.4. The Morgan fingerprint density at radius 1 is 1.09 bits per heavy atom. The molecule has 1 N–H and O–H groups in total. The molecule has 2 aromatic carbocycles. The van der Waals surface area contributed by atoms with Gasteiger partial charge in [-0.25, -0.2) is 0 Å². The fraction of sp³-hybridized carbons (Fsp3) is 0.385. The van der Waals surface area contributed by atoms with E-state index in [1.807, 2.05) is 0 Å². The van der Waals surface area contributed by atoms with Crippen molar-refractivity contribution in [2.45, 2.75) is 57.2 Å². The zero-order chi connectivity index (χ0) is 23.6. The van der Waals surface area contributed by atoms with Gasteiger partial charge in [0.15, 0.2) is 11.6 Å². The van der Waals surface area contributed by atoms with Crippen LogP contribution in [0.4, 0.5) is 18.9 Å². The summed E-state index contributed by atoms with van der Waals surface area (Å²) in [6, 6.07) is 9.21. The first-order chi connectivity index (χ1) is 15.8. The molecule has 1 fully saturated rings. The summed E-state index contributed by atoms with van der Waals surface area (Å²) in [5.74, 6) is -0.618. The van der Waals surface area contributed by atoms with Crippen LogP contribution in [0.25, 0.3) is 0 Å². The van der Waals surface area contributed by atoms with Gasteiger partial charge in [-0.15, -0.1) is 0 Å². The molecule has 2 aliphatic carbocycles. The van der Waals surface area contributed by atoms with Crippen molar-refractivity contribution in [3.63, 3.8) is 0 Å². The van der Waals surface area contributed by atoms with Gasteiger partial charge in [0.1, 0.15) is 5.75 Å². The number of allylic oxidation sites excluding steroid dienone is 2. The molecule has 0 saturated heterocycles. The normalized spacial score (nSPS) is 16.7. The van der Waals surface area contributed by atoms with Crippen LogP contribution < -0.4 is 10.1 Å². The van der Waals surface area contributed by atoms with Gasteiger partial charge >= 0.3 is 6.18 Å². The number of benzene rings is 2. The molecule has 0 amide bonds. The molecule has 33 heavy (non-hydrogen) atoms. The van der Waals surface area contributed by atoms with Crippen molar-refractivity contribution in [1.82, 2.24) is 0 Å². The monoisotopic (exact) mass is 457 g/mol. The third-order valence-corrected chi connectivity index (χ3v) is 6.38. The summed E-state index contributed by atoms with van der Waals surface area (Å²) in [7, 11) is 1.47. The zero-order valence-electron chi connectivity index (χ0n) is 18.4. The van der Waals surface area contributed by atoms with E-state index < -0.39 is 29.7 Å². The Morgan fingerprint density at radius 3 is 2.55 bits per heavy atom. The first-order valence-corrected chi connectivity index (χ1v) is 11.2. The molecule has 1 saturated carbocycles. The molecule has 4 rings (SSSR count). The van der Waals surface area contributed by atoms with Gasteiger partial charge in [-0.2, -0.15) is 13.2 Å². The smallest absolute Gasteiger partial charge is 0.416 e. The molecule has 0 atom stereocenters. The Bertz CT molecular complexity index is 1100. The Balaban J connectivity index is 1.55. The van der Waals surface area contributed by atoms with Crippen LogP contribution in [0.15, 0.2) is 48.0 Å². The van der Waals surface area contributed by atoms with Crippen molar-refractivity contribution >= 4 is 17.3 Å². The number of carbonyl (C=O) groups is 2. The number of anilines is 1. The van der Waals surface area contributed by atoms with Crippen LogP contribution in [0.1, 0.15) is 59.2 Å². The standard InChI is InChI=1S/C26H26F3NO3/c1-33-20-11-8-16-9-12-21(25(32)22(16)15-20)24(31)13-17-7-10-19(14-23(17)26(27,28)29)30-18-5-3-2-4-6-18/h7-8,10-12,14-15,18,30H,2-6,9,13H2,1H3. The third kappa shape index (κ3) is 5.13. The van der Waals surface area contributed by atoms with Gasteiger partial charge in [-0.05, 0) is 54.7 Å². The molecular formula is C26H26F3NO3. The van der Waals surface area contributed by atoms with Gasteiger partial charge in [0.2, 0.25) is 0 Å². The van der Waals surface area contributed by atoms with E-state index in [2.05, 4.69) is 5.32 Å². The maximum Gasteiger partial charge on any atom is 0.416 e. The van der Waals surface area contributed by atoms with Crippen molar-refractivity contribution in [2.24, 2.45) is 0 Å². The van der Waals surface area contributed by atoms with Gasteiger partial charge in [0, 0.05) is 23.7 Å². The molecule has 0 bridgehead atoms. The third-order valence-electron chi connectivity index (χ3n) is 6.38. The molecule has 4 nitrogen and oxygen atoms in total. The molecule has 7 heteroatoms. The van der Waals surface area contributed by atoms with Gasteiger partial charge in [-0.3, -0.25) is 9.59 Å². The highest BCUT2D eigenvalue weighted by Gasteiger charge is 2.35. The number of ether oxygens (including phenoxy) is 1. The molecule has 2 aliphatic rings. The minimum Gasteiger partial charge on any atom is -0.497 e. The average molecular weight is 457 g/mol. The highest BCUT2D eigenvalue weighted by molar-refractivity contribution is 6.27. The van der Waals surface area contributed by atoms with Crippen LogP contribution in [-0.4, -0.2) is 24.7 Å². The summed E-state index contributed by atoms with van der Waals surface area (Å²) in [6.07, 6.45) is 1.92. The van der Waals surface area contributed by atoms with Crippen molar-refractivity contribution in [2.75, 3.05) is 12.4 Å². The number of alkyl halides is 3. The molecule has 0 radical (unpaired) electrons. The summed E-state index contributed by atoms with van der Waals surface area (Å²) in [4.78, 5) is 25.8. The lowest BCUT2D eigenvalue weighted by Gasteiger charge is -2.25. The first-order valence-electron chi connectivity index (χ1n) is 11.2. The molecule has 0 unspecified atom stereocenters. The maximum absolute atomic E-state index is 13.8. The summed E-state index contributed by atoms with van der Waals surface area (Å²) < 4.78 is 46.6. The maximum atomic E-state index is 13.8. The predicted molar refractivity (Wildman–Crippen MR) is 120 cm³/mol. The summed E-state index contributed by atoms with van der Waals surface area (Å²) in [5, 5.41) is 3.20. The molecular weight excluding hydrogens is 431 g/mol. The van der Waals surface area contributed by atoms with E-state index in [1.165, 1.54) is 19.3 Å². The molecule has 0 aliphatic heterocycles. The van der Waals surface area contributed by atoms with Crippen molar-refractivity contribution in [3.8, 4) is 5.75 Å². The van der Waals surface area contributed by atoms with Crippen LogP contribution in [0, 0.1) is 0 Å². The Hall–Kier alpha value is -3.09. The van der Waals surface area contributed by atoms with Crippen LogP contribution >= 0.6 is 0 Å². The number of hydrogen-bond donors (Lipinski definition) is 1. The van der Waals surface area contributed by atoms with Gasteiger partial charge < -0.3 is 10.1 Å². The van der Waals surface area contributed by atoms with Crippen LogP contribution in [-0.2, 0) is 23.8 Å². The van der Waals surface area contributed by atoms with E-state index in [9.17, 15) is 22.8 Å². The van der Waals surface area contributed by atoms with Crippen molar-refractivity contribution < 1.29 is 27.5 Å². The number of carbonyl (C=O) groups excluding carboxylic acids is 2. The Morgan fingerprint density at radius 2 is 1.85 bits per heavy atom. The zero-order valence-corrected chi connectivity index (χ0v) is 18.4. The molecule has 174 valence electrons. The van der Waals surface area contributed by atoms with Crippen LogP contribution in [0.2, 0.25) is 0 Å². The highest BCUT2D eigenvalue weighted by Crippen LogP contribution is 2.35. The second kappa shape index (κ2) is 9.41. The van der Waals surface area contributed by atoms with E-state index in [0.29, 0.717) is 23.4 Å². The fourth-order valence-electron chi connectivity index (χ4n) is 4.60. The van der Waals surface area contributed by atoms with Gasteiger partial charge in [0.25, 0.3) is 0 Å². The number of ketones is 2. The number of hydrogen-bond acceptors (Lipinski definition) is 4. The van der Waals surface area contributed by atoms with E-state index in [4.69, 9.17) is 4.74 Å². The average Bonchev–Trinajstić information content (AvgIpc) is 2.80. The van der Waals surface area contributed by atoms with Gasteiger partial charge in [0.05, 0.1) is 18.2 Å². The van der Waals surface area contributed by atoms with Gasteiger partial charge in [-0.1, -0.05) is 37.5 Å². The number of Topliss-reactive ketones (excluding diaryl/α,β-unsaturated/α-hetero) is 2. The fourth-order valence-corrected chi connectivity index (χ4v) is 4.60. The number of nitrogens with one attached hydrogen (secondary N) is 1. The lowest BCUT2D eigenvalue weighted by atomic mass is 9.86. The second-order valence-electron chi connectivity index (χ2n) is 8.62. The molecule has 2 aromatic rings. The molecule has 0 spiro atoms. The summed E-state index contributed by atoms with van der Waals surface area (Å²) >= 11 is 0. The quantitative estimate of drug-likeness (QED) is 0.546. The lowest BCUT2D eigenvalue weighted by Crippen LogP contribution is -2.23. The SMILES string of the molecule is COc1ccc2c(c1)C(=O)C(C(=O)Cc1ccc(NC3CCCCC3)cc1C(F)(F)F)=CC2. The first kappa shape index (κ1) is 23.1. The Labute approximate surface area is 190 Å². The Kier molecular flexibility index (Phi) is 6.58. The summed E-state index contributed by atoms with van der Waals surface area (Å²) in [5.41, 5.74) is 0.455. The van der Waals surface area contributed by atoms with E-state index in [0.717, 1.165) is 43.7 Å². The van der Waals surface area contributed by atoms with Crippen molar-refractivity contribution in [3.05, 3.63) is 70.3 Å². The van der Waals surface area contributed by atoms with Crippen LogP contribution in [0.5, 0.6) is 5.75 Å². The van der Waals surface area contributed by atoms with E-state index in [-0.39, 0.29) is 17.2 Å². The lowest BCUT2D eigenvalue weighted by molar-refractivity contribution is -0.138. The molecule has 0 aromatic heterocycles. The largest absolute Gasteiger partial charge is 0.497 e. The number of fused-ring (bicyclic) bond motifs is 1. The van der Waals surface area contributed by atoms with E-state index in [1.54, 1.807) is 24.3 Å². The second-order valence-corrected chi connectivity index (χ2v) is 8.62.